The minimum Gasteiger partial charge on any atom is -0.369 e. The van der Waals surface area contributed by atoms with Crippen molar-refractivity contribution in [2.75, 3.05) is 45.7 Å². The van der Waals surface area contributed by atoms with E-state index in [4.69, 9.17) is 0 Å². The van der Waals surface area contributed by atoms with E-state index in [9.17, 15) is 0 Å². The average molecular weight is 386 g/mol. The molecule has 5 nitrogen and oxygen atoms in total. The Morgan fingerprint density at radius 3 is 2.70 bits per heavy atom. The zero-order valence-corrected chi connectivity index (χ0v) is 17.6. The molecule has 6 heteroatoms. The van der Waals surface area contributed by atoms with Gasteiger partial charge in [-0.05, 0) is 51.0 Å². The molecule has 27 heavy (non-hydrogen) atoms. The number of rotatable bonds is 6. The summed E-state index contributed by atoms with van der Waals surface area (Å²) in [6, 6.07) is 13.9. The van der Waals surface area contributed by atoms with Crippen LogP contribution < -0.4 is 15.5 Å². The number of nitrogens with one attached hydrogen (secondary N) is 2. The van der Waals surface area contributed by atoms with E-state index in [1.807, 2.05) is 7.05 Å². The Balaban J connectivity index is 1.52. The molecule has 2 unspecified atom stereocenters. The number of likely N-dealkylation sites (N-methyl/N-ethyl adjacent to an activating group) is 1. The maximum absolute atomic E-state index is 4.43. The van der Waals surface area contributed by atoms with Crippen LogP contribution in [0.1, 0.15) is 22.9 Å². The topological polar surface area (TPSA) is 42.9 Å². The predicted octanol–water partition coefficient (Wildman–Crippen LogP) is 3.10. The Bertz CT molecular complexity index is 724. The lowest BCUT2D eigenvalue weighted by molar-refractivity contribution is 0.302. The molecule has 1 aromatic carbocycles. The quantitative estimate of drug-likeness (QED) is 0.592. The Hall–Kier alpha value is -2.05. The minimum atomic E-state index is 0.344. The number of hydrogen-bond donors (Lipinski definition) is 2. The highest BCUT2D eigenvalue weighted by Gasteiger charge is 2.24. The van der Waals surface area contributed by atoms with Crippen molar-refractivity contribution in [1.82, 2.24) is 15.5 Å². The van der Waals surface area contributed by atoms with Crippen LogP contribution in [-0.4, -0.2) is 57.7 Å². The molecule has 1 fully saturated rings. The summed E-state index contributed by atoms with van der Waals surface area (Å²) >= 11 is 1.80. The first kappa shape index (κ1) is 19.7. The van der Waals surface area contributed by atoms with Gasteiger partial charge in [-0.15, -0.1) is 11.3 Å². The molecule has 0 saturated carbocycles. The van der Waals surface area contributed by atoms with Crippen LogP contribution in [0.4, 0.5) is 5.69 Å². The molecule has 1 aliphatic heterocycles. The monoisotopic (exact) mass is 385 g/mol. The maximum atomic E-state index is 4.43. The zero-order chi connectivity index (χ0) is 19.2. The minimum absolute atomic E-state index is 0.344. The van der Waals surface area contributed by atoms with Crippen molar-refractivity contribution in [2.45, 2.75) is 25.4 Å². The second kappa shape index (κ2) is 9.24. The van der Waals surface area contributed by atoms with E-state index in [0.29, 0.717) is 12.1 Å². The summed E-state index contributed by atoms with van der Waals surface area (Å²) in [7, 11) is 6.09. The maximum Gasteiger partial charge on any atom is 0.191 e. The molecule has 2 heterocycles. The summed E-state index contributed by atoms with van der Waals surface area (Å²) in [5.74, 6) is 0.883. The molecule has 2 aromatic rings. The van der Waals surface area contributed by atoms with Gasteiger partial charge in [-0.25, -0.2) is 0 Å². The van der Waals surface area contributed by atoms with Crippen LogP contribution in [-0.2, 0) is 0 Å². The fourth-order valence-corrected chi connectivity index (χ4v) is 4.39. The lowest BCUT2D eigenvalue weighted by Crippen LogP contribution is -2.46. The lowest BCUT2D eigenvalue weighted by Gasteiger charge is -2.25. The molecule has 146 valence electrons. The summed E-state index contributed by atoms with van der Waals surface area (Å²) in [6.07, 6.45) is 1.12. The molecule has 3 rings (SSSR count). The van der Waals surface area contributed by atoms with Gasteiger partial charge in [0.2, 0.25) is 0 Å². The van der Waals surface area contributed by atoms with Gasteiger partial charge in [0.25, 0.3) is 0 Å². The van der Waals surface area contributed by atoms with Crippen LogP contribution in [0.5, 0.6) is 0 Å². The zero-order valence-electron chi connectivity index (χ0n) is 16.8. The predicted molar refractivity (Wildman–Crippen MR) is 117 cm³/mol. The van der Waals surface area contributed by atoms with E-state index in [0.717, 1.165) is 32.0 Å². The van der Waals surface area contributed by atoms with Crippen molar-refractivity contribution in [2.24, 2.45) is 4.99 Å². The van der Waals surface area contributed by atoms with Gasteiger partial charge >= 0.3 is 0 Å². The highest BCUT2D eigenvalue weighted by molar-refractivity contribution is 7.10. The molecular formula is C21H31N5S. The lowest BCUT2D eigenvalue weighted by atomic mass is 10.2. The van der Waals surface area contributed by atoms with E-state index < -0.39 is 0 Å². The molecule has 1 aliphatic rings. The van der Waals surface area contributed by atoms with Crippen molar-refractivity contribution in [1.29, 1.82) is 0 Å². The Labute approximate surface area is 167 Å². The number of nitrogens with zero attached hydrogens (tertiary/aromatic N) is 3. The van der Waals surface area contributed by atoms with Crippen molar-refractivity contribution in [3.63, 3.8) is 0 Å². The molecule has 1 aromatic heterocycles. The summed E-state index contributed by atoms with van der Waals surface area (Å²) < 4.78 is 0. The van der Waals surface area contributed by atoms with E-state index in [1.165, 1.54) is 16.1 Å². The molecule has 0 spiro atoms. The van der Waals surface area contributed by atoms with Gasteiger partial charge in [0.05, 0.1) is 6.04 Å². The van der Waals surface area contributed by atoms with Gasteiger partial charge in [0.15, 0.2) is 5.96 Å². The van der Waals surface area contributed by atoms with Gasteiger partial charge in [-0.2, -0.15) is 0 Å². The summed E-state index contributed by atoms with van der Waals surface area (Å²) in [5, 5.41) is 9.25. The van der Waals surface area contributed by atoms with E-state index in [2.05, 4.69) is 88.2 Å². The highest BCUT2D eigenvalue weighted by atomic mass is 32.1. The van der Waals surface area contributed by atoms with Crippen LogP contribution in [0.3, 0.4) is 0 Å². The number of benzene rings is 1. The van der Waals surface area contributed by atoms with Gasteiger partial charge < -0.3 is 20.4 Å². The molecule has 1 saturated heterocycles. The second-order valence-corrected chi connectivity index (χ2v) is 8.34. The number of aryl methyl sites for hydroxylation is 1. The first-order chi connectivity index (χ1) is 13.1. The van der Waals surface area contributed by atoms with Crippen molar-refractivity contribution in [3.8, 4) is 0 Å². The number of thiophene rings is 1. The van der Waals surface area contributed by atoms with Crippen molar-refractivity contribution >= 4 is 23.0 Å². The number of aliphatic imine (C=N–C) groups is 1. The van der Waals surface area contributed by atoms with Crippen molar-refractivity contribution < 1.29 is 0 Å². The largest absolute Gasteiger partial charge is 0.369 e. The van der Waals surface area contributed by atoms with Gasteiger partial charge in [0, 0.05) is 43.3 Å². The normalized spacial score (nSPS) is 18.8. The molecule has 0 bridgehead atoms. The first-order valence-electron chi connectivity index (χ1n) is 9.55. The number of guanidine groups is 1. The fraction of sp³-hybridized carbons (Fsp3) is 0.476. The van der Waals surface area contributed by atoms with Gasteiger partial charge in [0.1, 0.15) is 0 Å². The Kier molecular flexibility index (Phi) is 6.74. The first-order valence-corrected chi connectivity index (χ1v) is 10.4. The summed E-state index contributed by atoms with van der Waals surface area (Å²) in [5.41, 5.74) is 2.61. The van der Waals surface area contributed by atoms with Crippen molar-refractivity contribution in [3.05, 3.63) is 52.2 Å². The number of anilines is 1. The Morgan fingerprint density at radius 2 is 2.07 bits per heavy atom. The molecule has 0 aliphatic carbocycles. The van der Waals surface area contributed by atoms with Crippen LogP contribution in [0.25, 0.3) is 0 Å². The molecular weight excluding hydrogens is 354 g/mol. The number of hydrogen-bond acceptors (Lipinski definition) is 4. The van der Waals surface area contributed by atoms with Gasteiger partial charge in [-0.1, -0.05) is 23.8 Å². The van der Waals surface area contributed by atoms with Crippen LogP contribution in [0, 0.1) is 6.92 Å². The second-order valence-electron chi connectivity index (χ2n) is 7.36. The van der Waals surface area contributed by atoms with E-state index in [1.54, 1.807) is 11.3 Å². The van der Waals surface area contributed by atoms with Crippen LogP contribution in [0.2, 0.25) is 0 Å². The molecule has 2 atom stereocenters. The standard InChI is InChI=1S/C21H31N5S/c1-16-7-9-18(10-8-16)26-12-11-17(15-26)24-21(22-2)23-14-19(25(3)4)20-6-5-13-27-20/h5-10,13,17,19H,11-12,14-15H2,1-4H3,(H2,22,23,24). The third-order valence-electron chi connectivity index (χ3n) is 5.11. The summed E-state index contributed by atoms with van der Waals surface area (Å²) in [6.45, 7) is 5.05. The van der Waals surface area contributed by atoms with Crippen LogP contribution in [0.15, 0.2) is 46.8 Å². The third kappa shape index (κ3) is 5.23. The summed E-state index contributed by atoms with van der Waals surface area (Å²) in [4.78, 5) is 10.5. The third-order valence-corrected chi connectivity index (χ3v) is 6.08. The SMILES string of the molecule is CN=C(NCC(c1cccs1)N(C)C)NC1CCN(c2ccc(C)cc2)C1. The smallest absolute Gasteiger partial charge is 0.191 e. The van der Waals surface area contributed by atoms with Gasteiger partial charge in [-0.3, -0.25) is 4.99 Å². The molecule has 2 N–H and O–H groups in total. The fourth-order valence-electron chi connectivity index (χ4n) is 3.47. The van der Waals surface area contributed by atoms with E-state index in [-0.39, 0.29) is 0 Å². The Morgan fingerprint density at radius 1 is 1.30 bits per heavy atom. The van der Waals surface area contributed by atoms with Crippen LogP contribution >= 0.6 is 11.3 Å². The molecule has 0 amide bonds. The highest BCUT2D eigenvalue weighted by Crippen LogP contribution is 2.23. The average Bonchev–Trinajstić information content (AvgIpc) is 3.33. The van der Waals surface area contributed by atoms with E-state index >= 15 is 0 Å². The molecule has 0 radical (unpaired) electrons.